The quantitative estimate of drug-likeness (QED) is 0.882. The Balaban J connectivity index is 2.06. The van der Waals surface area contributed by atoms with E-state index >= 15 is 0 Å². The highest BCUT2D eigenvalue weighted by molar-refractivity contribution is 5.26. The van der Waals surface area contributed by atoms with E-state index in [4.69, 9.17) is 4.74 Å². The summed E-state index contributed by atoms with van der Waals surface area (Å²) in [7, 11) is 1.70. The van der Waals surface area contributed by atoms with E-state index in [0.29, 0.717) is 12.1 Å². The van der Waals surface area contributed by atoms with Crippen LogP contribution in [0.5, 0.6) is 5.75 Å². The molecule has 2 heterocycles. The fourth-order valence-corrected chi connectivity index (χ4v) is 2.70. The lowest BCUT2D eigenvalue weighted by Crippen LogP contribution is -2.53. The molecule has 4 nitrogen and oxygen atoms in total. The van der Waals surface area contributed by atoms with E-state index in [1.165, 1.54) is 0 Å². The van der Waals surface area contributed by atoms with Crippen LogP contribution in [-0.4, -0.2) is 42.2 Å². The van der Waals surface area contributed by atoms with E-state index in [1.54, 1.807) is 7.11 Å². The Kier molecular flexibility index (Phi) is 4.19. The Bertz CT molecular complexity index is 398. The summed E-state index contributed by atoms with van der Waals surface area (Å²) in [5, 5.41) is 3.54. The number of hydrogen-bond acceptors (Lipinski definition) is 4. The molecule has 4 heteroatoms. The van der Waals surface area contributed by atoms with Crippen LogP contribution in [0.25, 0.3) is 0 Å². The normalized spacial score (nSPS) is 25.1. The molecule has 0 bridgehead atoms. The molecule has 1 aromatic rings. The van der Waals surface area contributed by atoms with Crippen LogP contribution in [0.4, 0.5) is 0 Å². The Morgan fingerprint density at radius 2 is 2.00 bits per heavy atom. The van der Waals surface area contributed by atoms with Gasteiger partial charge in [0.15, 0.2) is 0 Å². The Morgan fingerprint density at radius 1 is 1.33 bits per heavy atom. The number of aryl methyl sites for hydroxylation is 1. The Labute approximate surface area is 109 Å². The van der Waals surface area contributed by atoms with Gasteiger partial charge in [-0.25, -0.2) is 0 Å². The number of ether oxygens (including phenoxy) is 1. The van der Waals surface area contributed by atoms with Crippen LogP contribution in [-0.2, 0) is 6.54 Å². The third kappa shape index (κ3) is 3.43. The van der Waals surface area contributed by atoms with Gasteiger partial charge < -0.3 is 10.1 Å². The SMILES string of the molecule is COc1cc(C)nc(CN2CC(C)NC(C)C2)c1. The first-order chi connectivity index (χ1) is 8.56. The standard InChI is InChI=1S/C14H23N3O/c1-10-5-14(18-4)6-13(16-10)9-17-7-11(2)15-12(3)8-17/h5-6,11-12,15H,7-9H2,1-4H3. The van der Waals surface area contributed by atoms with Gasteiger partial charge in [0.25, 0.3) is 0 Å². The fourth-order valence-electron chi connectivity index (χ4n) is 2.70. The van der Waals surface area contributed by atoms with E-state index in [2.05, 4.69) is 29.0 Å². The minimum atomic E-state index is 0.542. The van der Waals surface area contributed by atoms with Crippen molar-refractivity contribution >= 4 is 0 Å². The highest BCUT2D eigenvalue weighted by Gasteiger charge is 2.21. The van der Waals surface area contributed by atoms with Crippen molar-refractivity contribution in [3.8, 4) is 5.75 Å². The number of nitrogens with one attached hydrogen (secondary N) is 1. The maximum atomic E-state index is 5.30. The Hall–Kier alpha value is -1.13. The smallest absolute Gasteiger partial charge is 0.122 e. The van der Waals surface area contributed by atoms with Gasteiger partial charge in [-0.1, -0.05) is 0 Å². The van der Waals surface area contributed by atoms with Gasteiger partial charge >= 0.3 is 0 Å². The van der Waals surface area contributed by atoms with Crippen LogP contribution >= 0.6 is 0 Å². The zero-order valence-electron chi connectivity index (χ0n) is 11.7. The Morgan fingerprint density at radius 3 is 2.61 bits per heavy atom. The lowest BCUT2D eigenvalue weighted by molar-refractivity contribution is 0.165. The first-order valence-electron chi connectivity index (χ1n) is 6.57. The second kappa shape index (κ2) is 5.67. The van der Waals surface area contributed by atoms with Gasteiger partial charge in [0, 0.05) is 49.5 Å². The van der Waals surface area contributed by atoms with E-state index in [9.17, 15) is 0 Å². The van der Waals surface area contributed by atoms with E-state index in [1.807, 2.05) is 19.1 Å². The van der Waals surface area contributed by atoms with Crippen LogP contribution in [0.15, 0.2) is 12.1 Å². The zero-order chi connectivity index (χ0) is 13.1. The predicted octanol–water partition coefficient (Wildman–Crippen LogP) is 1.58. The summed E-state index contributed by atoms with van der Waals surface area (Å²) in [5.41, 5.74) is 2.11. The second-order valence-electron chi connectivity index (χ2n) is 5.30. The summed E-state index contributed by atoms with van der Waals surface area (Å²) >= 11 is 0. The van der Waals surface area contributed by atoms with Gasteiger partial charge in [-0.05, 0) is 20.8 Å². The third-order valence-electron chi connectivity index (χ3n) is 3.23. The first-order valence-corrected chi connectivity index (χ1v) is 6.57. The lowest BCUT2D eigenvalue weighted by Gasteiger charge is -2.35. The van der Waals surface area contributed by atoms with Gasteiger partial charge in [-0.2, -0.15) is 0 Å². The molecule has 1 aromatic heterocycles. The summed E-state index contributed by atoms with van der Waals surface area (Å²) in [5.74, 6) is 0.897. The molecule has 2 unspecified atom stereocenters. The second-order valence-corrected chi connectivity index (χ2v) is 5.30. The maximum Gasteiger partial charge on any atom is 0.122 e. The number of methoxy groups -OCH3 is 1. The monoisotopic (exact) mass is 249 g/mol. The van der Waals surface area contributed by atoms with Crippen molar-refractivity contribution in [3.05, 3.63) is 23.5 Å². The van der Waals surface area contributed by atoms with Crippen molar-refractivity contribution in [2.24, 2.45) is 0 Å². The molecule has 1 aliphatic heterocycles. The molecule has 1 fully saturated rings. The minimum Gasteiger partial charge on any atom is -0.497 e. The van der Waals surface area contributed by atoms with Gasteiger partial charge in [0.2, 0.25) is 0 Å². The number of pyridine rings is 1. The van der Waals surface area contributed by atoms with Crippen molar-refractivity contribution in [2.45, 2.75) is 39.4 Å². The van der Waals surface area contributed by atoms with Crippen molar-refractivity contribution in [3.63, 3.8) is 0 Å². The average molecular weight is 249 g/mol. The van der Waals surface area contributed by atoms with Crippen LogP contribution in [0.3, 0.4) is 0 Å². The van der Waals surface area contributed by atoms with Crippen LogP contribution < -0.4 is 10.1 Å². The molecule has 100 valence electrons. The van der Waals surface area contributed by atoms with Gasteiger partial charge in [-0.15, -0.1) is 0 Å². The molecule has 0 radical (unpaired) electrons. The number of piperazine rings is 1. The summed E-state index contributed by atoms with van der Waals surface area (Å²) < 4.78 is 5.30. The van der Waals surface area contributed by atoms with E-state index in [-0.39, 0.29) is 0 Å². The molecule has 1 aliphatic rings. The largest absolute Gasteiger partial charge is 0.497 e. The van der Waals surface area contributed by atoms with Crippen LogP contribution in [0.2, 0.25) is 0 Å². The molecule has 0 saturated carbocycles. The van der Waals surface area contributed by atoms with Gasteiger partial charge in [0.1, 0.15) is 5.75 Å². The van der Waals surface area contributed by atoms with Gasteiger partial charge in [0.05, 0.1) is 12.8 Å². The summed E-state index contributed by atoms with van der Waals surface area (Å²) in [6.07, 6.45) is 0. The lowest BCUT2D eigenvalue weighted by atomic mass is 10.1. The molecular weight excluding hydrogens is 226 g/mol. The summed E-state index contributed by atoms with van der Waals surface area (Å²) in [4.78, 5) is 7.04. The predicted molar refractivity (Wildman–Crippen MR) is 72.9 cm³/mol. The number of rotatable bonds is 3. The molecule has 1 N–H and O–H groups in total. The van der Waals surface area contributed by atoms with Crippen LogP contribution in [0.1, 0.15) is 25.2 Å². The molecule has 2 atom stereocenters. The van der Waals surface area contributed by atoms with E-state index < -0.39 is 0 Å². The number of aromatic nitrogens is 1. The highest BCUT2D eigenvalue weighted by Crippen LogP contribution is 2.16. The fraction of sp³-hybridized carbons (Fsp3) is 0.643. The van der Waals surface area contributed by atoms with Crippen molar-refractivity contribution in [1.29, 1.82) is 0 Å². The number of hydrogen-bond donors (Lipinski definition) is 1. The molecule has 0 amide bonds. The molecule has 2 rings (SSSR count). The third-order valence-corrected chi connectivity index (χ3v) is 3.23. The maximum absolute atomic E-state index is 5.30. The molecule has 18 heavy (non-hydrogen) atoms. The van der Waals surface area contributed by atoms with Crippen molar-refractivity contribution in [1.82, 2.24) is 15.2 Å². The van der Waals surface area contributed by atoms with E-state index in [0.717, 1.165) is 36.8 Å². The topological polar surface area (TPSA) is 37.4 Å². The van der Waals surface area contributed by atoms with Gasteiger partial charge in [-0.3, -0.25) is 9.88 Å². The van der Waals surface area contributed by atoms with Crippen molar-refractivity contribution < 1.29 is 4.74 Å². The average Bonchev–Trinajstić information content (AvgIpc) is 2.26. The number of nitrogens with zero attached hydrogens (tertiary/aromatic N) is 2. The summed E-state index contributed by atoms with van der Waals surface area (Å²) in [6, 6.07) is 5.08. The highest BCUT2D eigenvalue weighted by atomic mass is 16.5. The van der Waals surface area contributed by atoms with Crippen molar-refractivity contribution in [2.75, 3.05) is 20.2 Å². The van der Waals surface area contributed by atoms with Crippen LogP contribution in [0, 0.1) is 6.92 Å². The molecule has 1 saturated heterocycles. The summed E-state index contributed by atoms with van der Waals surface area (Å²) in [6.45, 7) is 9.51. The molecule has 0 aliphatic carbocycles. The minimum absolute atomic E-state index is 0.542. The first kappa shape index (κ1) is 13.3. The molecule has 0 aromatic carbocycles. The zero-order valence-corrected chi connectivity index (χ0v) is 11.7. The molecular formula is C14H23N3O. The molecule has 0 spiro atoms.